The van der Waals surface area contributed by atoms with Gasteiger partial charge in [0.25, 0.3) is 10.0 Å². The van der Waals surface area contributed by atoms with Crippen LogP contribution in [0.3, 0.4) is 0 Å². The first-order valence-electron chi connectivity index (χ1n) is 8.03. The summed E-state index contributed by atoms with van der Waals surface area (Å²) < 4.78 is 32.6. The molecule has 0 radical (unpaired) electrons. The minimum Gasteiger partial charge on any atom is -0.495 e. The number of rotatable bonds is 5. The van der Waals surface area contributed by atoms with Crippen molar-refractivity contribution in [2.45, 2.75) is 29.5 Å². The molecule has 1 atom stereocenters. The van der Waals surface area contributed by atoms with Gasteiger partial charge in [-0.15, -0.1) is 11.3 Å². The van der Waals surface area contributed by atoms with Gasteiger partial charge >= 0.3 is 0 Å². The summed E-state index contributed by atoms with van der Waals surface area (Å²) in [6.45, 7) is 0.351. The monoisotopic (exact) mass is 380 g/mol. The lowest BCUT2D eigenvalue weighted by Gasteiger charge is -2.33. The molecule has 8 heteroatoms. The number of benzene rings is 1. The Hall–Kier alpha value is -1.90. The van der Waals surface area contributed by atoms with Crippen LogP contribution in [0.4, 0.5) is 5.69 Å². The Balaban J connectivity index is 1.85. The van der Waals surface area contributed by atoms with Crippen LogP contribution in [0.15, 0.2) is 46.0 Å². The van der Waals surface area contributed by atoms with E-state index in [4.69, 9.17) is 4.74 Å². The molecule has 1 saturated heterocycles. The third kappa shape index (κ3) is 3.70. The Bertz CT molecular complexity index is 834. The van der Waals surface area contributed by atoms with Crippen LogP contribution in [0.1, 0.15) is 19.3 Å². The van der Waals surface area contributed by atoms with Crippen molar-refractivity contribution < 1.29 is 17.9 Å². The molecule has 1 unspecified atom stereocenters. The topological polar surface area (TPSA) is 75.7 Å². The zero-order valence-electron chi connectivity index (χ0n) is 13.8. The normalized spacial score (nSPS) is 18.7. The van der Waals surface area contributed by atoms with Gasteiger partial charge in [-0.2, -0.15) is 4.31 Å². The number of methoxy groups -OCH3 is 1. The van der Waals surface area contributed by atoms with Gasteiger partial charge in [0, 0.05) is 6.54 Å². The second-order valence-corrected chi connectivity index (χ2v) is 8.81. The number of hydrogen-bond acceptors (Lipinski definition) is 5. The number of ether oxygens (including phenoxy) is 1. The molecule has 1 aromatic carbocycles. The van der Waals surface area contributed by atoms with Gasteiger partial charge in [0.1, 0.15) is 16.0 Å². The number of amides is 1. The van der Waals surface area contributed by atoms with Crippen LogP contribution in [0, 0.1) is 0 Å². The number of carbonyl (C=O) groups excluding carboxylic acids is 1. The minimum atomic E-state index is -3.66. The first-order chi connectivity index (χ1) is 12.0. The molecular formula is C17H20N2O4S2. The summed E-state index contributed by atoms with van der Waals surface area (Å²) in [5.41, 5.74) is 0.536. The molecule has 2 aromatic rings. The third-order valence-corrected chi connectivity index (χ3v) is 7.46. The Morgan fingerprint density at radius 1 is 1.24 bits per heavy atom. The fourth-order valence-electron chi connectivity index (χ4n) is 2.94. The van der Waals surface area contributed by atoms with Crippen molar-refractivity contribution in [3.63, 3.8) is 0 Å². The first-order valence-corrected chi connectivity index (χ1v) is 10.4. The number of nitrogens with one attached hydrogen (secondary N) is 1. The fourth-order valence-corrected chi connectivity index (χ4v) is 5.72. The van der Waals surface area contributed by atoms with Crippen molar-refractivity contribution in [1.29, 1.82) is 0 Å². The zero-order valence-corrected chi connectivity index (χ0v) is 15.5. The molecule has 1 aliphatic rings. The van der Waals surface area contributed by atoms with E-state index in [1.807, 2.05) is 6.07 Å². The van der Waals surface area contributed by atoms with Gasteiger partial charge in [-0.05, 0) is 36.4 Å². The van der Waals surface area contributed by atoms with Crippen LogP contribution in [0.5, 0.6) is 5.75 Å². The van der Waals surface area contributed by atoms with Gasteiger partial charge in [-0.25, -0.2) is 8.42 Å². The lowest BCUT2D eigenvalue weighted by molar-refractivity contribution is -0.120. The number of sulfonamides is 1. The molecule has 1 N–H and O–H groups in total. The Labute approximate surface area is 151 Å². The molecule has 0 saturated carbocycles. The van der Waals surface area contributed by atoms with Gasteiger partial charge in [-0.3, -0.25) is 4.79 Å². The highest BCUT2D eigenvalue weighted by Crippen LogP contribution is 2.29. The highest BCUT2D eigenvalue weighted by atomic mass is 32.2. The van der Waals surface area contributed by atoms with E-state index in [1.165, 1.54) is 22.8 Å². The van der Waals surface area contributed by atoms with Crippen molar-refractivity contribution in [2.75, 3.05) is 19.0 Å². The van der Waals surface area contributed by atoms with Crippen molar-refractivity contribution in [1.82, 2.24) is 4.31 Å². The molecule has 1 aromatic heterocycles. The van der Waals surface area contributed by atoms with Crippen LogP contribution >= 0.6 is 11.3 Å². The molecule has 0 spiro atoms. The van der Waals surface area contributed by atoms with E-state index in [0.29, 0.717) is 24.4 Å². The maximum absolute atomic E-state index is 12.9. The lowest BCUT2D eigenvalue weighted by Crippen LogP contribution is -2.49. The summed E-state index contributed by atoms with van der Waals surface area (Å²) in [5.74, 6) is 0.212. The molecule has 6 nitrogen and oxygen atoms in total. The predicted molar refractivity (Wildman–Crippen MR) is 97.5 cm³/mol. The average molecular weight is 380 g/mol. The number of anilines is 1. The SMILES string of the molecule is COc1ccccc1NC(=O)C1CCCCN1S(=O)(=O)c1cccs1. The highest BCUT2D eigenvalue weighted by Gasteiger charge is 2.38. The van der Waals surface area contributed by atoms with Gasteiger partial charge < -0.3 is 10.1 Å². The standard InChI is InChI=1S/C17H20N2O4S2/c1-23-15-9-3-2-7-13(15)18-17(20)14-8-4-5-11-19(14)25(21,22)16-10-6-12-24-16/h2-3,6-7,9-10,12,14H,4-5,8,11H2,1H3,(H,18,20). The third-order valence-electron chi connectivity index (χ3n) is 4.18. The van der Waals surface area contributed by atoms with E-state index in [9.17, 15) is 13.2 Å². The lowest BCUT2D eigenvalue weighted by atomic mass is 10.0. The summed E-state index contributed by atoms with van der Waals surface area (Å²) in [7, 11) is -2.13. The molecule has 1 aliphatic heterocycles. The number of carbonyl (C=O) groups is 1. The van der Waals surface area contributed by atoms with Gasteiger partial charge in [0.05, 0.1) is 12.8 Å². The number of nitrogens with zero attached hydrogens (tertiary/aromatic N) is 1. The number of para-hydroxylation sites is 2. The van der Waals surface area contributed by atoms with Crippen molar-refractivity contribution in [2.24, 2.45) is 0 Å². The van der Waals surface area contributed by atoms with Gasteiger partial charge in [0.15, 0.2) is 0 Å². The summed E-state index contributed by atoms with van der Waals surface area (Å²) >= 11 is 1.17. The van der Waals surface area contributed by atoms with E-state index in [2.05, 4.69) is 5.32 Å². The molecule has 1 amide bonds. The Kier molecular flexibility index (Phi) is 5.41. The fraction of sp³-hybridized carbons (Fsp3) is 0.353. The van der Waals surface area contributed by atoms with Crippen LogP contribution in [0.2, 0.25) is 0 Å². The molecule has 0 aliphatic carbocycles. The Morgan fingerprint density at radius 3 is 2.76 bits per heavy atom. The van der Waals surface area contributed by atoms with Gasteiger partial charge in [0.2, 0.25) is 5.91 Å². The van der Waals surface area contributed by atoms with E-state index in [0.717, 1.165) is 12.8 Å². The van der Waals surface area contributed by atoms with Crippen LogP contribution < -0.4 is 10.1 Å². The molecule has 25 heavy (non-hydrogen) atoms. The zero-order chi connectivity index (χ0) is 17.9. The van der Waals surface area contributed by atoms with Crippen LogP contribution in [-0.4, -0.2) is 38.3 Å². The summed E-state index contributed by atoms with van der Waals surface area (Å²) in [6, 6.07) is 9.64. The highest BCUT2D eigenvalue weighted by molar-refractivity contribution is 7.91. The number of thiophene rings is 1. The van der Waals surface area contributed by atoms with E-state index < -0.39 is 16.1 Å². The molecule has 0 bridgehead atoms. The number of piperidine rings is 1. The molecule has 3 rings (SSSR count). The van der Waals surface area contributed by atoms with Crippen molar-refractivity contribution >= 4 is 33.0 Å². The number of hydrogen-bond donors (Lipinski definition) is 1. The smallest absolute Gasteiger partial charge is 0.253 e. The van der Waals surface area contributed by atoms with Gasteiger partial charge in [-0.1, -0.05) is 24.6 Å². The van der Waals surface area contributed by atoms with E-state index >= 15 is 0 Å². The second-order valence-electron chi connectivity index (χ2n) is 5.75. The van der Waals surface area contributed by atoms with Crippen LogP contribution in [-0.2, 0) is 14.8 Å². The molecule has 1 fully saturated rings. The predicted octanol–water partition coefficient (Wildman–Crippen LogP) is 2.94. The minimum absolute atomic E-state index is 0.268. The molecule has 2 heterocycles. The summed E-state index contributed by atoms with van der Waals surface area (Å²) in [4.78, 5) is 12.8. The first kappa shape index (κ1) is 17.9. The largest absolute Gasteiger partial charge is 0.495 e. The summed E-state index contributed by atoms with van der Waals surface area (Å²) in [5, 5.41) is 4.53. The Morgan fingerprint density at radius 2 is 2.04 bits per heavy atom. The quantitative estimate of drug-likeness (QED) is 0.865. The maximum Gasteiger partial charge on any atom is 0.253 e. The maximum atomic E-state index is 12.9. The second kappa shape index (κ2) is 7.55. The van der Waals surface area contributed by atoms with Crippen molar-refractivity contribution in [3.8, 4) is 5.75 Å². The average Bonchev–Trinajstić information content (AvgIpc) is 3.17. The van der Waals surface area contributed by atoms with E-state index in [-0.39, 0.29) is 10.1 Å². The molecular weight excluding hydrogens is 360 g/mol. The van der Waals surface area contributed by atoms with Crippen LogP contribution in [0.25, 0.3) is 0 Å². The summed E-state index contributed by atoms with van der Waals surface area (Å²) in [6.07, 6.45) is 2.08. The van der Waals surface area contributed by atoms with Crippen molar-refractivity contribution in [3.05, 3.63) is 41.8 Å². The van der Waals surface area contributed by atoms with E-state index in [1.54, 1.807) is 35.7 Å². The molecule has 134 valence electrons.